The summed E-state index contributed by atoms with van der Waals surface area (Å²) < 4.78 is 10.8. The van der Waals surface area contributed by atoms with Crippen LogP contribution in [0.1, 0.15) is 51.8 Å². The highest BCUT2D eigenvalue weighted by atomic mass is 32.2. The van der Waals surface area contributed by atoms with Gasteiger partial charge >= 0.3 is 5.97 Å². The average Bonchev–Trinajstić information content (AvgIpc) is 2.97. The smallest absolute Gasteiger partial charge is 0.307 e. The van der Waals surface area contributed by atoms with Crippen LogP contribution in [0.15, 0.2) is 10.6 Å². The summed E-state index contributed by atoms with van der Waals surface area (Å²) in [6.45, 7) is 9.36. The third kappa shape index (κ3) is 4.04. The van der Waals surface area contributed by atoms with Gasteiger partial charge in [0.25, 0.3) is 0 Å². The van der Waals surface area contributed by atoms with Gasteiger partial charge in [-0.2, -0.15) is 11.8 Å². The van der Waals surface area contributed by atoms with E-state index in [1.165, 1.54) is 7.11 Å². The van der Waals surface area contributed by atoms with Crippen molar-refractivity contribution >= 4 is 17.7 Å². The van der Waals surface area contributed by atoms with E-state index in [2.05, 4.69) is 37.6 Å². The third-order valence-electron chi connectivity index (χ3n) is 4.02. The number of aromatic nitrogens is 1. The molecular weight excluding hydrogens is 300 g/mol. The van der Waals surface area contributed by atoms with Gasteiger partial charge in [-0.3, -0.25) is 9.69 Å². The first-order valence-electron chi connectivity index (χ1n) is 7.69. The number of hydrogen-bond acceptors (Lipinski definition) is 6. The van der Waals surface area contributed by atoms with Crippen molar-refractivity contribution in [2.75, 3.05) is 25.2 Å². The van der Waals surface area contributed by atoms with Crippen LogP contribution in [0, 0.1) is 0 Å². The number of methoxy groups -OCH3 is 1. The molecule has 0 radical (unpaired) electrons. The van der Waals surface area contributed by atoms with Crippen LogP contribution in [-0.2, 0) is 14.9 Å². The highest BCUT2D eigenvalue weighted by Crippen LogP contribution is 2.31. The van der Waals surface area contributed by atoms with E-state index < -0.39 is 0 Å². The molecule has 0 aromatic carbocycles. The zero-order valence-electron chi connectivity index (χ0n) is 14.1. The number of ether oxygens (including phenoxy) is 1. The Hall–Kier alpha value is -1.01. The lowest BCUT2D eigenvalue weighted by Crippen LogP contribution is -2.45. The van der Waals surface area contributed by atoms with Gasteiger partial charge in [-0.15, -0.1) is 0 Å². The molecule has 0 unspecified atom stereocenters. The molecule has 1 aromatic heterocycles. The Bertz CT molecular complexity index is 510. The second-order valence-corrected chi connectivity index (χ2v) is 7.89. The molecule has 0 saturated carbocycles. The fourth-order valence-electron chi connectivity index (χ4n) is 2.60. The minimum atomic E-state index is -0.160. The Labute approximate surface area is 136 Å². The Kier molecular flexibility index (Phi) is 5.55. The van der Waals surface area contributed by atoms with Crippen LogP contribution in [0.3, 0.4) is 0 Å². The lowest BCUT2D eigenvalue weighted by atomic mass is 9.94. The van der Waals surface area contributed by atoms with Crippen molar-refractivity contribution in [2.24, 2.45) is 0 Å². The first-order chi connectivity index (χ1) is 10.3. The molecule has 0 amide bonds. The molecular formula is C16H26N2O3S. The fraction of sp³-hybridized carbons (Fsp3) is 0.750. The van der Waals surface area contributed by atoms with Gasteiger partial charge in [0.15, 0.2) is 0 Å². The lowest BCUT2D eigenvalue weighted by molar-refractivity contribution is -0.142. The number of nitrogens with zero attached hydrogens (tertiary/aromatic N) is 2. The molecule has 1 aliphatic rings. The van der Waals surface area contributed by atoms with Gasteiger partial charge in [-0.05, 0) is 6.92 Å². The second kappa shape index (κ2) is 7.04. The van der Waals surface area contributed by atoms with Crippen molar-refractivity contribution in [3.63, 3.8) is 0 Å². The Balaban J connectivity index is 2.13. The van der Waals surface area contributed by atoms with E-state index in [1.54, 1.807) is 0 Å². The zero-order valence-corrected chi connectivity index (χ0v) is 14.9. The molecule has 2 heterocycles. The second-order valence-electron chi connectivity index (χ2n) is 6.74. The number of hydrogen-bond donors (Lipinski definition) is 0. The SMILES string of the molecule is COC(=O)C[C@H]1CSCCN1[C@H](C)c1ncc(C(C)(C)C)o1. The molecule has 0 N–H and O–H groups in total. The minimum Gasteiger partial charge on any atom is -0.469 e. The predicted octanol–water partition coefficient (Wildman–Crippen LogP) is 3.01. The monoisotopic (exact) mass is 326 g/mol. The van der Waals surface area contributed by atoms with Crippen molar-refractivity contribution in [1.82, 2.24) is 9.88 Å². The molecule has 124 valence electrons. The summed E-state index contributed by atoms with van der Waals surface area (Å²) >= 11 is 1.88. The van der Waals surface area contributed by atoms with Crippen molar-refractivity contribution in [2.45, 2.75) is 51.6 Å². The van der Waals surface area contributed by atoms with Crippen molar-refractivity contribution in [1.29, 1.82) is 0 Å². The zero-order chi connectivity index (χ0) is 16.3. The summed E-state index contributed by atoms with van der Waals surface area (Å²) in [6.07, 6.45) is 2.24. The predicted molar refractivity (Wildman–Crippen MR) is 88.1 cm³/mol. The van der Waals surface area contributed by atoms with E-state index in [1.807, 2.05) is 18.0 Å². The molecule has 6 heteroatoms. The normalized spacial score (nSPS) is 21.6. The van der Waals surface area contributed by atoms with Gasteiger partial charge in [0.1, 0.15) is 5.76 Å². The third-order valence-corrected chi connectivity index (χ3v) is 5.11. The van der Waals surface area contributed by atoms with Crippen molar-refractivity contribution < 1.29 is 13.9 Å². The van der Waals surface area contributed by atoms with E-state index in [0.717, 1.165) is 29.7 Å². The van der Waals surface area contributed by atoms with Crippen molar-refractivity contribution in [3.05, 3.63) is 17.8 Å². The number of carbonyl (C=O) groups excluding carboxylic acids is 1. The van der Waals surface area contributed by atoms with E-state index in [9.17, 15) is 4.79 Å². The van der Waals surface area contributed by atoms with E-state index in [-0.39, 0.29) is 23.5 Å². The molecule has 22 heavy (non-hydrogen) atoms. The van der Waals surface area contributed by atoms with Gasteiger partial charge in [0, 0.05) is 29.5 Å². The van der Waals surface area contributed by atoms with Crippen LogP contribution in [0.25, 0.3) is 0 Å². The van der Waals surface area contributed by atoms with Gasteiger partial charge in [0.2, 0.25) is 5.89 Å². The Morgan fingerprint density at radius 1 is 1.59 bits per heavy atom. The molecule has 2 rings (SSSR count). The van der Waals surface area contributed by atoms with Gasteiger partial charge in [0.05, 0.1) is 25.8 Å². The molecule has 0 bridgehead atoms. The van der Waals surface area contributed by atoms with Gasteiger partial charge < -0.3 is 9.15 Å². The number of carbonyl (C=O) groups is 1. The fourth-order valence-corrected chi connectivity index (χ4v) is 3.69. The van der Waals surface area contributed by atoms with Crippen LogP contribution >= 0.6 is 11.8 Å². The standard InChI is InChI=1S/C16H26N2O3S/c1-11(15-17-9-13(21-15)16(2,3)4)18-6-7-22-10-12(18)8-14(19)20-5/h9,11-12H,6-8,10H2,1-5H3/t11-,12+/m1/s1. The van der Waals surface area contributed by atoms with Crippen LogP contribution in [0.4, 0.5) is 0 Å². The number of rotatable bonds is 4. The van der Waals surface area contributed by atoms with E-state index in [4.69, 9.17) is 9.15 Å². The van der Waals surface area contributed by atoms with Gasteiger partial charge in [-0.1, -0.05) is 20.8 Å². The van der Waals surface area contributed by atoms with Crippen LogP contribution in [0.5, 0.6) is 0 Å². The maximum absolute atomic E-state index is 11.6. The summed E-state index contributed by atoms with van der Waals surface area (Å²) in [5.74, 6) is 3.46. The number of oxazole rings is 1. The topological polar surface area (TPSA) is 55.6 Å². The van der Waals surface area contributed by atoms with E-state index >= 15 is 0 Å². The van der Waals surface area contributed by atoms with Crippen molar-refractivity contribution in [3.8, 4) is 0 Å². The maximum atomic E-state index is 11.6. The minimum absolute atomic E-state index is 0.0475. The summed E-state index contributed by atoms with van der Waals surface area (Å²) in [7, 11) is 1.44. The quantitative estimate of drug-likeness (QED) is 0.793. The molecule has 1 aliphatic heterocycles. The summed E-state index contributed by atoms with van der Waals surface area (Å²) in [5, 5.41) is 0. The first-order valence-corrected chi connectivity index (χ1v) is 8.85. The van der Waals surface area contributed by atoms with Crippen LogP contribution in [-0.4, -0.2) is 47.1 Å². The number of esters is 1. The average molecular weight is 326 g/mol. The summed E-state index contributed by atoms with van der Waals surface area (Å²) in [5.41, 5.74) is -0.0475. The van der Waals surface area contributed by atoms with Crippen LogP contribution < -0.4 is 0 Å². The molecule has 0 spiro atoms. The molecule has 2 atom stereocenters. The van der Waals surface area contributed by atoms with Gasteiger partial charge in [-0.25, -0.2) is 4.98 Å². The number of thioether (sulfide) groups is 1. The lowest BCUT2D eigenvalue weighted by Gasteiger charge is -2.37. The summed E-state index contributed by atoms with van der Waals surface area (Å²) in [6, 6.07) is 0.234. The Morgan fingerprint density at radius 3 is 2.91 bits per heavy atom. The Morgan fingerprint density at radius 2 is 2.32 bits per heavy atom. The van der Waals surface area contributed by atoms with E-state index in [0.29, 0.717) is 6.42 Å². The van der Waals surface area contributed by atoms with Crippen LogP contribution in [0.2, 0.25) is 0 Å². The molecule has 1 aromatic rings. The molecule has 1 saturated heterocycles. The molecule has 0 aliphatic carbocycles. The summed E-state index contributed by atoms with van der Waals surface area (Å²) in [4.78, 5) is 18.4. The maximum Gasteiger partial charge on any atom is 0.307 e. The largest absolute Gasteiger partial charge is 0.469 e. The molecule has 1 fully saturated rings. The first kappa shape index (κ1) is 17.3. The highest BCUT2D eigenvalue weighted by molar-refractivity contribution is 7.99. The molecule has 5 nitrogen and oxygen atoms in total. The highest BCUT2D eigenvalue weighted by Gasteiger charge is 2.32.